The van der Waals surface area contributed by atoms with Gasteiger partial charge in [0.1, 0.15) is 5.75 Å². The van der Waals surface area contributed by atoms with Gasteiger partial charge in [-0.3, -0.25) is 0 Å². The predicted octanol–water partition coefficient (Wildman–Crippen LogP) is 3.64. The molecule has 2 bridgehead atoms. The number of aliphatic hydroxyl groups is 1. The van der Waals surface area contributed by atoms with Crippen molar-refractivity contribution in [3.63, 3.8) is 0 Å². The minimum atomic E-state index is -0.652. The summed E-state index contributed by atoms with van der Waals surface area (Å²) in [6, 6.07) is 6.15. The Hall–Kier alpha value is -0.670. The summed E-state index contributed by atoms with van der Waals surface area (Å²) in [7, 11) is 1.69. The summed E-state index contributed by atoms with van der Waals surface area (Å²) in [5.74, 6) is 0.854. The Labute approximate surface area is 119 Å². The molecule has 3 rings (SSSR count). The molecule has 2 nitrogen and oxygen atoms in total. The second-order valence-corrected chi connectivity index (χ2v) is 7.60. The molecule has 0 aliphatic carbocycles. The molecule has 2 heterocycles. The van der Waals surface area contributed by atoms with E-state index in [-0.39, 0.29) is 0 Å². The molecular weight excluding hydrogens is 256 g/mol. The van der Waals surface area contributed by atoms with Crippen molar-refractivity contribution in [2.75, 3.05) is 7.11 Å². The maximum absolute atomic E-state index is 11.1. The third-order valence-electron chi connectivity index (χ3n) is 4.39. The molecule has 2 unspecified atom stereocenters. The zero-order chi connectivity index (χ0) is 13.5. The van der Waals surface area contributed by atoms with Crippen molar-refractivity contribution in [1.82, 2.24) is 0 Å². The number of ether oxygens (including phenoxy) is 1. The van der Waals surface area contributed by atoms with Crippen molar-refractivity contribution < 1.29 is 9.84 Å². The standard InChI is InChI=1S/C16H22O2S/c1-11-6-12(8-13(7-11)18-2)16(17)9-14-4-3-5-15(10-16)19-14/h6-8,14-15,17H,3-5,9-10H2,1-2H3. The van der Waals surface area contributed by atoms with Gasteiger partial charge in [0, 0.05) is 10.5 Å². The average molecular weight is 278 g/mol. The van der Waals surface area contributed by atoms with Gasteiger partial charge in [-0.1, -0.05) is 12.5 Å². The molecule has 1 aromatic rings. The van der Waals surface area contributed by atoms with Crippen LogP contribution in [0.3, 0.4) is 0 Å². The minimum absolute atomic E-state index is 0.629. The number of hydrogen-bond donors (Lipinski definition) is 1. The third kappa shape index (κ3) is 2.63. The summed E-state index contributed by atoms with van der Waals surface area (Å²) in [6.07, 6.45) is 5.62. The van der Waals surface area contributed by atoms with E-state index in [1.807, 2.05) is 12.1 Å². The van der Waals surface area contributed by atoms with Crippen LogP contribution in [0.25, 0.3) is 0 Å². The average Bonchev–Trinajstić information content (AvgIpc) is 2.37. The van der Waals surface area contributed by atoms with E-state index in [9.17, 15) is 5.11 Å². The van der Waals surface area contributed by atoms with E-state index in [0.29, 0.717) is 10.5 Å². The van der Waals surface area contributed by atoms with Crippen LogP contribution in [0.2, 0.25) is 0 Å². The molecule has 0 amide bonds. The highest BCUT2D eigenvalue weighted by Crippen LogP contribution is 2.49. The van der Waals surface area contributed by atoms with Crippen molar-refractivity contribution >= 4 is 11.8 Å². The van der Waals surface area contributed by atoms with Gasteiger partial charge >= 0.3 is 0 Å². The summed E-state index contributed by atoms with van der Waals surface area (Å²) < 4.78 is 5.35. The quantitative estimate of drug-likeness (QED) is 0.895. The third-order valence-corrected chi connectivity index (χ3v) is 5.97. The van der Waals surface area contributed by atoms with Crippen molar-refractivity contribution in [3.05, 3.63) is 29.3 Å². The van der Waals surface area contributed by atoms with Crippen LogP contribution >= 0.6 is 11.8 Å². The van der Waals surface area contributed by atoms with Gasteiger partial charge in [0.25, 0.3) is 0 Å². The molecule has 2 aliphatic heterocycles. The highest BCUT2D eigenvalue weighted by atomic mass is 32.2. The molecule has 19 heavy (non-hydrogen) atoms. The van der Waals surface area contributed by atoms with E-state index in [2.05, 4.69) is 24.8 Å². The maximum atomic E-state index is 11.1. The van der Waals surface area contributed by atoms with Gasteiger partial charge in [0.15, 0.2) is 0 Å². The lowest BCUT2D eigenvalue weighted by molar-refractivity contribution is 0.00790. The highest BCUT2D eigenvalue weighted by Gasteiger charge is 2.42. The molecule has 2 aliphatic rings. The summed E-state index contributed by atoms with van der Waals surface area (Å²) >= 11 is 2.09. The lowest BCUT2D eigenvalue weighted by atomic mass is 9.80. The Morgan fingerprint density at radius 2 is 1.89 bits per heavy atom. The van der Waals surface area contributed by atoms with E-state index in [0.717, 1.165) is 29.7 Å². The van der Waals surface area contributed by atoms with Crippen LogP contribution in [0.5, 0.6) is 5.75 Å². The number of benzene rings is 1. The summed E-state index contributed by atoms with van der Waals surface area (Å²) in [5, 5.41) is 12.4. The first-order valence-corrected chi connectivity index (χ1v) is 8.07. The fourth-order valence-electron chi connectivity index (χ4n) is 3.49. The SMILES string of the molecule is COc1cc(C)cc(C2(O)CC3CCCC(C2)S3)c1. The van der Waals surface area contributed by atoms with E-state index in [4.69, 9.17) is 4.74 Å². The second kappa shape index (κ2) is 5.02. The van der Waals surface area contributed by atoms with Crippen LogP contribution in [-0.2, 0) is 5.60 Å². The fourth-order valence-corrected chi connectivity index (χ4v) is 5.38. The summed E-state index contributed by atoms with van der Waals surface area (Å²) in [6.45, 7) is 2.06. The van der Waals surface area contributed by atoms with Crippen LogP contribution in [-0.4, -0.2) is 22.7 Å². The van der Waals surface area contributed by atoms with Gasteiger partial charge in [-0.15, -0.1) is 0 Å². The zero-order valence-electron chi connectivity index (χ0n) is 11.7. The van der Waals surface area contributed by atoms with Gasteiger partial charge in [-0.05, 0) is 55.9 Å². The molecule has 2 fully saturated rings. The van der Waals surface area contributed by atoms with E-state index >= 15 is 0 Å². The summed E-state index contributed by atoms with van der Waals surface area (Å²) in [4.78, 5) is 0. The molecule has 104 valence electrons. The molecule has 2 atom stereocenters. The monoisotopic (exact) mass is 278 g/mol. The molecule has 1 N–H and O–H groups in total. The Kier molecular flexibility index (Phi) is 3.52. The molecule has 1 aromatic carbocycles. The van der Waals surface area contributed by atoms with Gasteiger partial charge < -0.3 is 9.84 Å². The van der Waals surface area contributed by atoms with E-state index < -0.39 is 5.60 Å². The Morgan fingerprint density at radius 1 is 1.21 bits per heavy atom. The number of rotatable bonds is 2. The largest absolute Gasteiger partial charge is 0.497 e. The summed E-state index contributed by atoms with van der Waals surface area (Å²) in [5.41, 5.74) is 1.55. The highest BCUT2D eigenvalue weighted by molar-refractivity contribution is 8.00. The molecule has 0 aromatic heterocycles. The lowest BCUT2D eigenvalue weighted by Crippen LogP contribution is -2.40. The van der Waals surface area contributed by atoms with Gasteiger partial charge in [0.05, 0.1) is 12.7 Å². The predicted molar refractivity (Wildman–Crippen MR) is 79.9 cm³/mol. The Morgan fingerprint density at radius 3 is 2.53 bits per heavy atom. The van der Waals surface area contributed by atoms with Crippen molar-refractivity contribution in [2.45, 2.75) is 55.1 Å². The van der Waals surface area contributed by atoms with Crippen molar-refractivity contribution in [2.24, 2.45) is 0 Å². The molecule has 2 saturated heterocycles. The van der Waals surface area contributed by atoms with E-state index in [1.165, 1.54) is 19.3 Å². The maximum Gasteiger partial charge on any atom is 0.119 e. The molecule has 0 saturated carbocycles. The van der Waals surface area contributed by atoms with Gasteiger partial charge in [0.2, 0.25) is 0 Å². The van der Waals surface area contributed by atoms with Crippen LogP contribution in [0, 0.1) is 6.92 Å². The Balaban J connectivity index is 1.93. The first-order chi connectivity index (χ1) is 9.09. The second-order valence-electron chi connectivity index (χ2n) is 5.99. The van der Waals surface area contributed by atoms with E-state index in [1.54, 1.807) is 7.11 Å². The number of fused-ring (bicyclic) bond motifs is 2. The topological polar surface area (TPSA) is 29.5 Å². The first-order valence-electron chi connectivity index (χ1n) is 7.13. The molecular formula is C16H22O2S. The van der Waals surface area contributed by atoms with Crippen LogP contribution < -0.4 is 4.74 Å². The van der Waals surface area contributed by atoms with Crippen LogP contribution in [0.15, 0.2) is 18.2 Å². The fraction of sp³-hybridized carbons (Fsp3) is 0.625. The van der Waals surface area contributed by atoms with Crippen molar-refractivity contribution in [1.29, 1.82) is 0 Å². The Bertz CT molecular complexity index is 460. The number of methoxy groups -OCH3 is 1. The lowest BCUT2D eigenvalue weighted by Gasteiger charge is -2.44. The zero-order valence-corrected chi connectivity index (χ0v) is 12.5. The van der Waals surface area contributed by atoms with Gasteiger partial charge in [-0.25, -0.2) is 0 Å². The molecule has 0 spiro atoms. The minimum Gasteiger partial charge on any atom is -0.497 e. The number of hydrogen-bond acceptors (Lipinski definition) is 3. The van der Waals surface area contributed by atoms with Crippen LogP contribution in [0.1, 0.15) is 43.2 Å². The molecule has 0 radical (unpaired) electrons. The van der Waals surface area contributed by atoms with Gasteiger partial charge in [-0.2, -0.15) is 11.8 Å². The normalized spacial score (nSPS) is 34.1. The van der Waals surface area contributed by atoms with Crippen LogP contribution in [0.4, 0.5) is 0 Å². The number of aryl methyl sites for hydroxylation is 1. The smallest absolute Gasteiger partial charge is 0.119 e. The first kappa shape index (κ1) is 13.3. The molecule has 3 heteroatoms. The van der Waals surface area contributed by atoms with Crippen molar-refractivity contribution in [3.8, 4) is 5.75 Å². The number of thioether (sulfide) groups is 1.